The van der Waals surface area contributed by atoms with Crippen molar-refractivity contribution >= 4 is 56.0 Å². The number of para-hydroxylation sites is 1. The fraction of sp³-hybridized carbons (Fsp3) is 0.300. The molecule has 14 heteroatoms. The summed E-state index contributed by atoms with van der Waals surface area (Å²) in [4.78, 5) is 55.0. The molecule has 3 aromatic carbocycles. The number of aliphatic carboxylic acids is 1. The first-order chi connectivity index (χ1) is 21.0. The maximum Gasteiger partial charge on any atom is 0.342 e. The first-order valence-corrected chi connectivity index (χ1v) is 15.5. The number of nitrogens with zero attached hydrogens (tertiary/aromatic N) is 3. The monoisotopic (exact) mass is 620 g/mol. The minimum absolute atomic E-state index is 0.150. The van der Waals surface area contributed by atoms with Crippen LogP contribution in [0, 0.1) is 11.3 Å². The van der Waals surface area contributed by atoms with E-state index in [4.69, 9.17) is 11.1 Å². The fourth-order valence-electron chi connectivity index (χ4n) is 5.68. The Morgan fingerprint density at radius 3 is 2.50 bits per heavy atom. The normalized spacial score (nSPS) is 17.4. The number of benzene rings is 3. The Kier molecular flexibility index (Phi) is 8.65. The van der Waals surface area contributed by atoms with E-state index in [0.29, 0.717) is 30.5 Å². The van der Waals surface area contributed by atoms with Gasteiger partial charge in [0.2, 0.25) is 15.9 Å². The van der Waals surface area contributed by atoms with Gasteiger partial charge in [0.05, 0.1) is 16.1 Å². The Hall–Kier alpha value is -4.82. The van der Waals surface area contributed by atoms with Gasteiger partial charge in [0.15, 0.2) is 12.1 Å². The van der Waals surface area contributed by atoms with Crippen molar-refractivity contribution in [3.8, 4) is 0 Å². The second kappa shape index (κ2) is 12.4. The van der Waals surface area contributed by atoms with Gasteiger partial charge < -0.3 is 25.5 Å². The predicted octanol–water partition coefficient (Wildman–Crippen LogP) is 1.58. The lowest BCUT2D eigenvalue weighted by atomic mass is 9.97. The third-order valence-corrected chi connectivity index (χ3v) is 9.31. The molecule has 13 nitrogen and oxygen atoms in total. The molecule has 2 aliphatic heterocycles. The zero-order valence-electron chi connectivity index (χ0n) is 23.7. The number of piperidine rings is 1. The number of carboxylic acids is 1. The molecule has 2 heterocycles. The molecule has 0 saturated carbocycles. The van der Waals surface area contributed by atoms with Crippen molar-refractivity contribution in [2.45, 2.75) is 30.3 Å². The Morgan fingerprint density at radius 1 is 1.07 bits per heavy atom. The maximum absolute atomic E-state index is 13.8. The summed E-state index contributed by atoms with van der Waals surface area (Å²) in [6.45, 7) is 0.435. The van der Waals surface area contributed by atoms with Gasteiger partial charge in [0.25, 0.3) is 11.7 Å². The molecular weight excluding hydrogens is 588 g/mol. The van der Waals surface area contributed by atoms with Crippen LogP contribution in [0.2, 0.25) is 0 Å². The highest BCUT2D eigenvalue weighted by molar-refractivity contribution is 7.89. The molecule has 0 spiro atoms. The minimum atomic E-state index is -4.42. The summed E-state index contributed by atoms with van der Waals surface area (Å²) in [5, 5.41) is 19.5. The molecule has 230 valence electrons. The molecule has 2 amide bonds. The van der Waals surface area contributed by atoms with E-state index in [1.165, 1.54) is 23.1 Å². The van der Waals surface area contributed by atoms with Gasteiger partial charge in [-0.3, -0.25) is 19.8 Å². The van der Waals surface area contributed by atoms with Crippen molar-refractivity contribution in [2.24, 2.45) is 11.7 Å². The topological polar surface area (TPSA) is 194 Å². The number of guanidine groups is 1. The van der Waals surface area contributed by atoms with Crippen molar-refractivity contribution in [1.29, 1.82) is 5.41 Å². The van der Waals surface area contributed by atoms with Gasteiger partial charge >= 0.3 is 5.97 Å². The number of sulfonamides is 1. The zero-order chi connectivity index (χ0) is 31.6. The van der Waals surface area contributed by atoms with E-state index in [2.05, 4.69) is 4.72 Å². The molecule has 0 bridgehead atoms. The molecule has 0 aromatic heterocycles. The molecule has 5 N–H and O–H groups in total. The van der Waals surface area contributed by atoms with Crippen LogP contribution in [-0.4, -0.2) is 85.2 Å². The molecular formula is C30H32N6O7S. The van der Waals surface area contributed by atoms with Gasteiger partial charge in [-0.25, -0.2) is 13.2 Å². The lowest BCUT2D eigenvalue weighted by Crippen LogP contribution is -2.58. The number of amides is 2. The third-order valence-electron chi connectivity index (χ3n) is 7.91. The Labute approximate surface area is 253 Å². The van der Waals surface area contributed by atoms with Gasteiger partial charge in [-0.05, 0) is 53.8 Å². The summed E-state index contributed by atoms with van der Waals surface area (Å²) in [6.07, 6.45) is -1.13. The number of rotatable bonds is 10. The van der Waals surface area contributed by atoms with Crippen LogP contribution in [0.4, 0.5) is 5.69 Å². The number of likely N-dealkylation sites (tertiary alicyclic amines) is 1. The summed E-state index contributed by atoms with van der Waals surface area (Å²) in [5.41, 5.74) is 6.23. The van der Waals surface area contributed by atoms with Crippen molar-refractivity contribution in [1.82, 2.24) is 14.5 Å². The van der Waals surface area contributed by atoms with Crippen LogP contribution >= 0.6 is 0 Å². The van der Waals surface area contributed by atoms with Crippen molar-refractivity contribution in [2.75, 3.05) is 31.1 Å². The number of carboxylic acid groups (broad SMARTS) is 1. The number of hydrogen-bond acceptors (Lipinski definition) is 7. The number of nitrogens with two attached hydrogens (primary N) is 1. The molecule has 2 aliphatic rings. The maximum atomic E-state index is 13.8. The van der Waals surface area contributed by atoms with Crippen molar-refractivity contribution < 1.29 is 32.7 Å². The van der Waals surface area contributed by atoms with E-state index >= 15 is 0 Å². The lowest BCUT2D eigenvalue weighted by molar-refractivity contribution is -0.151. The SMILES string of the molecule is N=C(N)N1CCC[C@H](CN(C(=O)CCN2C(=O)C(=O)c3ccccc32)[C@H](NS(=O)(=O)c2ccc3ccccc3c2)C(=O)O)C1. The van der Waals surface area contributed by atoms with Crippen LogP contribution in [0.5, 0.6) is 0 Å². The van der Waals surface area contributed by atoms with Crippen LogP contribution in [0.3, 0.4) is 0 Å². The third kappa shape index (κ3) is 6.26. The molecule has 0 radical (unpaired) electrons. The van der Waals surface area contributed by atoms with Crippen molar-refractivity contribution in [3.05, 3.63) is 72.3 Å². The van der Waals surface area contributed by atoms with E-state index in [1.54, 1.807) is 47.4 Å². The second-order valence-corrected chi connectivity index (χ2v) is 12.5. The van der Waals surface area contributed by atoms with Crippen LogP contribution in [0.1, 0.15) is 29.6 Å². The van der Waals surface area contributed by atoms with E-state index in [0.717, 1.165) is 10.3 Å². The Bertz CT molecular complexity index is 1760. The number of anilines is 1. The summed E-state index contributed by atoms with van der Waals surface area (Å²) >= 11 is 0. The first kappa shape index (κ1) is 30.6. The molecule has 1 saturated heterocycles. The lowest BCUT2D eigenvalue weighted by Gasteiger charge is -2.38. The van der Waals surface area contributed by atoms with Crippen LogP contribution in [0.25, 0.3) is 10.8 Å². The molecule has 2 atom stereocenters. The number of carbonyl (C=O) groups is 4. The van der Waals surface area contributed by atoms with Gasteiger partial charge in [-0.15, -0.1) is 0 Å². The molecule has 3 aromatic rings. The van der Waals surface area contributed by atoms with E-state index < -0.39 is 39.8 Å². The molecule has 5 rings (SSSR count). The highest BCUT2D eigenvalue weighted by Crippen LogP contribution is 2.29. The zero-order valence-corrected chi connectivity index (χ0v) is 24.5. The van der Waals surface area contributed by atoms with E-state index in [9.17, 15) is 32.7 Å². The van der Waals surface area contributed by atoms with Crippen LogP contribution in [-0.2, 0) is 24.4 Å². The largest absolute Gasteiger partial charge is 0.479 e. The van der Waals surface area contributed by atoms with E-state index in [1.807, 2.05) is 6.07 Å². The first-order valence-electron chi connectivity index (χ1n) is 14.0. The summed E-state index contributed by atoms with van der Waals surface area (Å²) in [7, 11) is -4.42. The predicted molar refractivity (Wildman–Crippen MR) is 161 cm³/mol. The quantitative estimate of drug-likeness (QED) is 0.113. The Balaban J connectivity index is 1.42. The minimum Gasteiger partial charge on any atom is -0.479 e. The van der Waals surface area contributed by atoms with Crippen molar-refractivity contribution in [3.63, 3.8) is 0 Å². The average molecular weight is 621 g/mol. The number of Topliss-reactive ketones (excluding diaryl/α,β-unsaturated/α-hetero) is 1. The van der Waals surface area contributed by atoms with Gasteiger partial charge in [-0.1, -0.05) is 42.5 Å². The molecule has 0 unspecified atom stereocenters. The summed E-state index contributed by atoms with van der Waals surface area (Å²) in [6, 6.07) is 17.8. The van der Waals surface area contributed by atoms with Crippen LogP contribution < -0.4 is 15.4 Å². The van der Waals surface area contributed by atoms with Gasteiger partial charge in [0.1, 0.15) is 0 Å². The number of fused-ring (bicyclic) bond motifs is 2. The van der Waals surface area contributed by atoms with Gasteiger partial charge in [-0.2, -0.15) is 4.72 Å². The number of hydrogen-bond donors (Lipinski definition) is 4. The second-order valence-electron chi connectivity index (χ2n) is 10.8. The number of carbonyl (C=O) groups excluding carboxylic acids is 3. The molecule has 1 fully saturated rings. The van der Waals surface area contributed by atoms with E-state index in [-0.39, 0.29) is 48.4 Å². The van der Waals surface area contributed by atoms with Crippen LogP contribution in [0.15, 0.2) is 71.6 Å². The standard InChI is InChI=1S/C30H32N6O7S/c31-30(32)34-14-5-6-19(17-34)18-36(25(37)13-15-35-24-10-4-3-9-23(24)26(38)28(35)39)27(29(40)41)33-44(42,43)22-12-11-20-7-1-2-8-21(20)16-22/h1-4,7-12,16,19,27,33H,5-6,13-15,17-18H2,(H3,31,32)(H,40,41)/t19-,27-/m0/s1. The number of ketones is 1. The highest BCUT2D eigenvalue weighted by atomic mass is 32.2. The highest BCUT2D eigenvalue weighted by Gasteiger charge is 2.39. The molecule has 44 heavy (non-hydrogen) atoms. The number of nitrogens with one attached hydrogen (secondary N) is 2. The fourth-order valence-corrected chi connectivity index (χ4v) is 6.87. The Morgan fingerprint density at radius 2 is 1.77 bits per heavy atom. The summed E-state index contributed by atoms with van der Waals surface area (Å²) in [5.74, 6) is -4.32. The van der Waals surface area contributed by atoms with Gasteiger partial charge in [0, 0.05) is 32.6 Å². The average Bonchev–Trinajstić information content (AvgIpc) is 3.26. The summed E-state index contributed by atoms with van der Waals surface area (Å²) < 4.78 is 29.2. The smallest absolute Gasteiger partial charge is 0.342 e. The molecule has 0 aliphatic carbocycles.